The molecular formula is C15H10ClN3S. The predicted molar refractivity (Wildman–Crippen MR) is 81.1 cm³/mol. The molecule has 0 bridgehead atoms. The molecule has 0 aliphatic rings. The predicted octanol–water partition coefficient (Wildman–Crippen LogP) is 4.55. The van der Waals surface area contributed by atoms with Crippen LogP contribution >= 0.6 is 23.4 Å². The Hall–Kier alpha value is -1.96. The zero-order valence-electron chi connectivity index (χ0n) is 10.6. The van der Waals surface area contributed by atoms with Crippen LogP contribution in [0.1, 0.15) is 11.1 Å². The Morgan fingerprint density at radius 1 is 1.30 bits per heavy atom. The summed E-state index contributed by atoms with van der Waals surface area (Å²) >= 11 is 7.44. The van der Waals surface area contributed by atoms with Crippen LogP contribution in [0.4, 0.5) is 0 Å². The monoisotopic (exact) mass is 299 g/mol. The van der Waals surface area contributed by atoms with Gasteiger partial charge < -0.3 is 4.98 Å². The fourth-order valence-electron chi connectivity index (χ4n) is 1.95. The summed E-state index contributed by atoms with van der Waals surface area (Å²) in [5, 5.41) is 10.4. The molecule has 0 atom stereocenters. The molecule has 1 N–H and O–H groups in total. The zero-order chi connectivity index (χ0) is 14.1. The summed E-state index contributed by atoms with van der Waals surface area (Å²) in [6, 6.07) is 13.6. The number of aromatic amines is 1. The lowest BCUT2D eigenvalue weighted by atomic mass is 10.2. The first-order valence-corrected chi connectivity index (χ1v) is 7.19. The van der Waals surface area contributed by atoms with Crippen molar-refractivity contribution in [1.82, 2.24) is 9.97 Å². The second-order valence-corrected chi connectivity index (χ2v) is 5.83. The number of nitrogens with zero attached hydrogens (tertiary/aromatic N) is 2. The number of benzene rings is 2. The van der Waals surface area contributed by atoms with Gasteiger partial charge in [-0.2, -0.15) is 5.26 Å². The van der Waals surface area contributed by atoms with Crippen molar-refractivity contribution in [3.8, 4) is 6.07 Å². The minimum atomic E-state index is 0.462. The maximum atomic E-state index is 9.18. The van der Waals surface area contributed by atoms with Crippen LogP contribution in [0.2, 0.25) is 5.02 Å². The number of hydrogen-bond acceptors (Lipinski definition) is 3. The zero-order valence-corrected chi connectivity index (χ0v) is 12.2. The number of H-pyrrole nitrogens is 1. The van der Waals surface area contributed by atoms with Crippen molar-refractivity contribution in [3.63, 3.8) is 0 Å². The van der Waals surface area contributed by atoms with E-state index in [1.807, 2.05) is 31.2 Å². The first kappa shape index (κ1) is 13.0. The van der Waals surface area contributed by atoms with Crippen molar-refractivity contribution in [3.05, 3.63) is 52.5 Å². The van der Waals surface area contributed by atoms with Gasteiger partial charge in [0.25, 0.3) is 0 Å². The molecule has 3 aromatic rings. The highest BCUT2D eigenvalue weighted by atomic mass is 35.5. The van der Waals surface area contributed by atoms with Crippen LogP contribution in [-0.2, 0) is 0 Å². The molecule has 0 fully saturated rings. The number of halogens is 1. The first-order chi connectivity index (χ1) is 9.67. The maximum Gasteiger partial charge on any atom is 0.171 e. The smallest absolute Gasteiger partial charge is 0.171 e. The Morgan fingerprint density at radius 3 is 2.95 bits per heavy atom. The van der Waals surface area contributed by atoms with Gasteiger partial charge in [0, 0.05) is 4.90 Å². The molecule has 0 radical (unpaired) electrons. The molecule has 3 nitrogen and oxygen atoms in total. The largest absolute Gasteiger partial charge is 0.333 e. The summed E-state index contributed by atoms with van der Waals surface area (Å²) in [6.45, 7) is 2.04. The lowest BCUT2D eigenvalue weighted by Crippen LogP contribution is -1.83. The maximum absolute atomic E-state index is 9.18. The van der Waals surface area contributed by atoms with Crippen LogP contribution in [0.15, 0.2) is 46.5 Å². The molecule has 0 spiro atoms. The van der Waals surface area contributed by atoms with Crippen LogP contribution < -0.4 is 0 Å². The minimum absolute atomic E-state index is 0.462. The van der Waals surface area contributed by atoms with Gasteiger partial charge in [0.2, 0.25) is 0 Å². The van der Waals surface area contributed by atoms with E-state index in [2.05, 4.69) is 22.1 Å². The summed E-state index contributed by atoms with van der Waals surface area (Å²) in [5.41, 5.74) is 3.57. The van der Waals surface area contributed by atoms with Crippen molar-refractivity contribution in [2.75, 3.05) is 0 Å². The molecule has 5 heteroatoms. The van der Waals surface area contributed by atoms with Gasteiger partial charge in [0.05, 0.1) is 21.6 Å². The van der Waals surface area contributed by atoms with Gasteiger partial charge in [0.1, 0.15) is 6.07 Å². The molecule has 0 amide bonds. The second-order valence-electron chi connectivity index (χ2n) is 4.39. The van der Waals surface area contributed by atoms with E-state index >= 15 is 0 Å². The fraction of sp³-hybridized carbons (Fsp3) is 0.0667. The van der Waals surface area contributed by atoms with Crippen LogP contribution in [0.3, 0.4) is 0 Å². The number of fused-ring (bicyclic) bond motifs is 1. The summed E-state index contributed by atoms with van der Waals surface area (Å²) in [4.78, 5) is 8.57. The number of aromatic nitrogens is 2. The number of rotatable bonds is 2. The van der Waals surface area contributed by atoms with Crippen molar-refractivity contribution in [2.45, 2.75) is 17.0 Å². The molecule has 0 saturated carbocycles. The third-order valence-electron chi connectivity index (χ3n) is 2.91. The Balaban J connectivity index is 2.02. The topological polar surface area (TPSA) is 52.5 Å². The van der Waals surface area contributed by atoms with Crippen molar-refractivity contribution in [2.24, 2.45) is 0 Å². The highest BCUT2D eigenvalue weighted by Crippen LogP contribution is 2.32. The summed E-state index contributed by atoms with van der Waals surface area (Å²) in [7, 11) is 0. The van der Waals surface area contributed by atoms with Gasteiger partial charge in [-0.05, 0) is 36.8 Å². The third kappa shape index (κ3) is 2.38. The lowest BCUT2D eigenvalue weighted by molar-refractivity contribution is 1.08. The highest BCUT2D eigenvalue weighted by Gasteiger charge is 2.10. The van der Waals surface area contributed by atoms with E-state index in [1.165, 1.54) is 17.3 Å². The number of nitrogens with one attached hydrogen (secondary N) is 1. The van der Waals surface area contributed by atoms with E-state index in [9.17, 15) is 5.26 Å². The van der Waals surface area contributed by atoms with Gasteiger partial charge >= 0.3 is 0 Å². The lowest BCUT2D eigenvalue weighted by Gasteiger charge is -2.02. The van der Waals surface area contributed by atoms with Crippen molar-refractivity contribution < 1.29 is 0 Å². The average molecular weight is 300 g/mol. The van der Waals surface area contributed by atoms with Crippen LogP contribution in [-0.4, -0.2) is 9.97 Å². The minimum Gasteiger partial charge on any atom is -0.333 e. The molecule has 1 aromatic heterocycles. The standard InChI is InChI=1S/C15H10ClN3S/c1-9-5-6-12-13(7-9)19-15(18-12)20-14-4-2-3-11(16)10(14)8-17/h2-7H,1H3,(H,18,19). The van der Waals surface area contributed by atoms with Gasteiger partial charge in [-0.15, -0.1) is 0 Å². The van der Waals surface area contributed by atoms with Crippen LogP contribution in [0.5, 0.6) is 0 Å². The second kappa shape index (κ2) is 5.20. The van der Waals surface area contributed by atoms with E-state index in [-0.39, 0.29) is 0 Å². The van der Waals surface area contributed by atoms with E-state index in [0.29, 0.717) is 10.6 Å². The van der Waals surface area contributed by atoms with Crippen LogP contribution in [0.25, 0.3) is 11.0 Å². The van der Waals surface area contributed by atoms with E-state index in [1.54, 1.807) is 6.07 Å². The van der Waals surface area contributed by atoms with Crippen molar-refractivity contribution in [1.29, 1.82) is 5.26 Å². The van der Waals surface area contributed by atoms with E-state index in [0.717, 1.165) is 21.1 Å². The SMILES string of the molecule is Cc1ccc2nc(Sc3cccc(Cl)c3C#N)[nH]c2c1. The molecular weight excluding hydrogens is 290 g/mol. The molecule has 2 aromatic carbocycles. The quantitative estimate of drug-likeness (QED) is 0.755. The Labute approximate surface area is 125 Å². The van der Waals surface area contributed by atoms with Gasteiger partial charge in [0.15, 0.2) is 5.16 Å². The Kier molecular flexibility index (Phi) is 3.39. The van der Waals surface area contributed by atoms with Gasteiger partial charge in [-0.3, -0.25) is 0 Å². The number of hydrogen-bond donors (Lipinski definition) is 1. The number of imidazole rings is 1. The average Bonchev–Trinajstić information content (AvgIpc) is 2.80. The molecule has 0 saturated heterocycles. The summed E-state index contributed by atoms with van der Waals surface area (Å²) in [6.07, 6.45) is 0. The van der Waals surface area contributed by atoms with E-state index in [4.69, 9.17) is 11.6 Å². The first-order valence-electron chi connectivity index (χ1n) is 6.00. The Morgan fingerprint density at radius 2 is 2.15 bits per heavy atom. The summed E-state index contributed by atoms with van der Waals surface area (Å²) < 4.78 is 0. The molecule has 98 valence electrons. The summed E-state index contributed by atoms with van der Waals surface area (Å²) in [5.74, 6) is 0. The molecule has 0 unspecified atom stereocenters. The van der Waals surface area contributed by atoms with E-state index < -0.39 is 0 Å². The van der Waals surface area contributed by atoms with Gasteiger partial charge in [-0.25, -0.2) is 4.98 Å². The molecule has 20 heavy (non-hydrogen) atoms. The van der Waals surface area contributed by atoms with Crippen molar-refractivity contribution >= 4 is 34.4 Å². The van der Waals surface area contributed by atoms with Gasteiger partial charge in [-0.1, -0.05) is 35.5 Å². The molecule has 0 aliphatic carbocycles. The highest BCUT2D eigenvalue weighted by molar-refractivity contribution is 7.99. The molecule has 0 aliphatic heterocycles. The number of aryl methyl sites for hydroxylation is 1. The normalized spacial score (nSPS) is 10.7. The number of nitriles is 1. The Bertz CT molecular complexity index is 833. The third-order valence-corrected chi connectivity index (χ3v) is 4.17. The molecule has 1 heterocycles. The fourth-order valence-corrected chi connectivity index (χ4v) is 3.14. The molecule has 3 rings (SSSR count). The van der Waals surface area contributed by atoms with Crippen LogP contribution in [0, 0.1) is 18.3 Å².